The minimum atomic E-state index is -2.87. The van der Waals surface area contributed by atoms with Gasteiger partial charge in [-0.1, -0.05) is 6.92 Å². The number of aromatic nitrogens is 8. The Morgan fingerprint density at radius 1 is 0.434 bits per heavy atom. The third kappa shape index (κ3) is 18.1. The summed E-state index contributed by atoms with van der Waals surface area (Å²) in [4.78, 5) is 134. The van der Waals surface area contributed by atoms with Gasteiger partial charge >= 0.3 is 23.9 Å². The van der Waals surface area contributed by atoms with Crippen molar-refractivity contribution in [3.63, 3.8) is 0 Å². The smallest absolute Gasteiger partial charge is 0.342 e. The molecule has 28 nitrogen and oxygen atoms in total. The Hall–Kier alpha value is -10.8. The number of aromatic amines is 4. The molecular weight excluding hydrogens is 1490 g/mol. The number of nitrogens with one attached hydrogen (secondary N) is 8. The number of hydrogen-bond acceptors (Lipinski definition) is 20. The number of amides is 4. The monoisotopic (exact) mass is 1580 g/mol. The molecule has 4 aliphatic heterocycles. The van der Waals surface area contributed by atoms with Gasteiger partial charge in [0.25, 0.3) is 23.7 Å². The first-order valence-electron chi connectivity index (χ1n) is 38.2. The second-order valence-corrected chi connectivity index (χ2v) is 30.1. The third-order valence-electron chi connectivity index (χ3n) is 21.3. The van der Waals surface area contributed by atoms with E-state index in [9.17, 15) is 73.5 Å². The number of piperidine rings is 4. The molecule has 8 aliphatic rings. The zero-order valence-electron chi connectivity index (χ0n) is 62.9. The van der Waals surface area contributed by atoms with E-state index in [4.69, 9.17) is 18.9 Å². The van der Waals surface area contributed by atoms with E-state index in [1.807, 2.05) is 25.1 Å². The van der Waals surface area contributed by atoms with Gasteiger partial charge in [-0.05, 0) is 103 Å². The number of carbonyl (C=O) groups excluding carboxylic acids is 8. The number of rotatable bonds is 20. The number of pyridine rings is 4. The van der Waals surface area contributed by atoms with Crippen molar-refractivity contribution in [2.75, 3.05) is 93.9 Å². The van der Waals surface area contributed by atoms with Crippen molar-refractivity contribution in [3.05, 3.63) is 96.1 Å². The molecule has 113 heavy (non-hydrogen) atoms. The number of halogens is 8. The molecule has 8 fully saturated rings. The molecule has 0 aromatic carbocycles. The summed E-state index contributed by atoms with van der Waals surface area (Å²) in [5, 5.41) is 16.3. The lowest BCUT2D eigenvalue weighted by Gasteiger charge is -2.34. The van der Waals surface area contributed by atoms with Crippen LogP contribution in [0.2, 0.25) is 0 Å². The normalized spacial score (nSPS) is 23.4. The van der Waals surface area contributed by atoms with E-state index in [2.05, 4.69) is 61.1 Å². The highest BCUT2D eigenvalue weighted by Gasteiger charge is 2.65. The van der Waals surface area contributed by atoms with Crippen molar-refractivity contribution in [3.8, 4) is 0 Å². The number of anilines is 4. The summed E-state index contributed by atoms with van der Waals surface area (Å²) in [6.45, 7) is 10.9. The first-order chi connectivity index (χ1) is 54.0. The van der Waals surface area contributed by atoms with Crippen molar-refractivity contribution < 1.29 is 92.4 Å². The van der Waals surface area contributed by atoms with Crippen molar-refractivity contribution in [1.82, 2.24) is 59.5 Å². The Kier molecular flexibility index (Phi) is 23.5. The molecule has 0 radical (unpaired) electrons. The van der Waals surface area contributed by atoms with E-state index < -0.39 is 94.9 Å². The molecule has 8 aromatic rings. The maximum absolute atomic E-state index is 13.3. The van der Waals surface area contributed by atoms with E-state index in [1.54, 1.807) is 51.6 Å². The quantitative estimate of drug-likeness (QED) is 0.0200. The van der Waals surface area contributed by atoms with Gasteiger partial charge in [0, 0.05) is 173 Å². The second-order valence-electron chi connectivity index (χ2n) is 30.1. The maximum atomic E-state index is 13.3. The number of H-pyrrole nitrogens is 4. The molecule has 4 saturated carbocycles. The molecule has 606 valence electrons. The Balaban J connectivity index is 0.000000132. The summed E-state index contributed by atoms with van der Waals surface area (Å²) in [5.41, 5.74) is 6.05. The van der Waals surface area contributed by atoms with Crippen LogP contribution in [0.4, 0.5) is 57.9 Å². The molecule has 12 heterocycles. The summed E-state index contributed by atoms with van der Waals surface area (Å²) in [6, 6.07) is 6.62. The molecule has 0 unspecified atom stereocenters. The van der Waals surface area contributed by atoms with E-state index in [-0.39, 0.29) is 62.6 Å². The number of fused-ring (bicyclic) bond motifs is 4. The van der Waals surface area contributed by atoms with Crippen LogP contribution in [-0.4, -0.2) is 234 Å². The molecule has 4 amide bonds. The number of carbonyl (C=O) groups is 8. The lowest BCUT2D eigenvalue weighted by molar-refractivity contribution is -0.136. The van der Waals surface area contributed by atoms with E-state index in [0.717, 1.165) is 47.2 Å². The van der Waals surface area contributed by atoms with Gasteiger partial charge in [0.05, 0.1) is 49.2 Å². The highest BCUT2D eigenvalue weighted by atomic mass is 19.3. The largest absolute Gasteiger partial charge is 0.465 e. The number of nitrogens with zero attached hydrogens (tertiary/aromatic N) is 8. The van der Waals surface area contributed by atoms with Gasteiger partial charge in [-0.3, -0.25) is 19.2 Å². The highest BCUT2D eigenvalue weighted by molar-refractivity contribution is 6.07. The van der Waals surface area contributed by atoms with Gasteiger partial charge in [-0.25, -0.2) is 74.2 Å². The van der Waals surface area contributed by atoms with E-state index in [0.29, 0.717) is 159 Å². The van der Waals surface area contributed by atoms with Gasteiger partial charge in [0.1, 0.15) is 68.5 Å². The average Bonchev–Trinajstić information content (AvgIpc) is 1.65. The minimum absolute atomic E-state index is 0.154. The fourth-order valence-electron chi connectivity index (χ4n) is 14.9. The van der Waals surface area contributed by atoms with Crippen LogP contribution in [-0.2, 0) is 38.1 Å². The van der Waals surface area contributed by atoms with Gasteiger partial charge in [-0.2, -0.15) is 0 Å². The van der Waals surface area contributed by atoms with Crippen molar-refractivity contribution in [2.24, 2.45) is 23.7 Å². The standard InChI is InChI=1S/2C20H24F2N4O3.C19H22F2N4O3.C18H20F2N4O3/c1-11(2)29-19(28)14-9-24-17-13(5-6-23-17)16(14)25-12-4-3-7-26(10-12)18(27)15-8-20(15,21)22;1-2-8-29-19(28)14-10-24-17-13(5-6-23-17)16(14)25-12-4-3-7-26(11-12)18(27)15-9-20(15,21)22;1-2-28-18(27)13-9-23-16-12(5-6-22-16)15(13)24-11-4-3-7-25(10-11)17(26)14-8-19(14,20)21;1-27-17(26)12-8-22-15-11(4-5-21-15)14(12)23-10-3-2-6-24(9-10)16(25)13-7-18(13,19)20/h5-6,9,11-12,15H,3-4,7-8,10H2,1-2H3,(H2,23,24,25);5-6,10,12,15H,2-4,7-9,11H2,1H3,(H2,23,24,25);5-6,9,11,14H,2-4,7-8,10H2,1H3,(H2,22,23,24);4-5,8,10,13H,2-3,6-7,9H2,1H3,(H2,21,22,23)/t2*12-,15-;11-,14-;10-,13-/m1111/s1. The Morgan fingerprint density at radius 2 is 0.699 bits per heavy atom. The third-order valence-corrected chi connectivity index (χ3v) is 21.3. The summed E-state index contributed by atoms with van der Waals surface area (Å²) >= 11 is 0. The van der Waals surface area contributed by atoms with Crippen LogP contribution in [0.25, 0.3) is 44.1 Å². The number of alkyl halides is 8. The predicted octanol–water partition coefficient (Wildman–Crippen LogP) is 11.6. The van der Waals surface area contributed by atoms with Crippen LogP contribution in [0.1, 0.15) is 153 Å². The summed E-state index contributed by atoms with van der Waals surface area (Å²) in [7, 11) is 1.30. The fourth-order valence-corrected chi connectivity index (χ4v) is 14.9. The van der Waals surface area contributed by atoms with Crippen LogP contribution < -0.4 is 21.3 Å². The fraction of sp³-hybridized carbons (Fsp3) is 0.532. The van der Waals surface area contributed by atoms with E-state index in [1.165, 1.54) is 51.5 Å². The summed E-state index contributed by atoms with van der Waals surface area (Å²) < 4.78 is 127. The number of esters is 4. The molecule has 4 aliphatic carbocycles. The average molecular weight is 1580 g/mol. The van der Waals surface area contributed by atoms with E-state index >= 15 is 0 Å². The first kappa shape index (κ1) is 80.2. The molecule has 0 bridgehead atoms. The highest BCUT2D eigenvalue weighted by Crippen LogP contribution is 2.53. The van der Waals surface area contributed by atoms with Gasteiger partial charge in [0.2, 0.25) is 23.6 Å². The lowest BCUT2D eigenvalue weighted by atomic mass is 10.0. The molecule has 8 N–H and O–H groups in total. The Morgan fingerprint density at radius 3 is 0.947 bits per heavy atom. The first-order valence-corrected chi connectivity index (χ1v) is 38.2. The van der Waals surface area contributed by atoms with Crippen molar-refractivity contribution in [1.29, 1.82) is 0 Å². The van der Waals surface area contributed by atoms with Crippen LogP contribution in [0.5, 0.6) is 0 Å². The summed E-state index contributed by atoms with van der Waals surface area (Å²) in [5.74, 6) is -20.1. The van der Waals surface area contributed by atoms with Crippen LogP contribution >= 0.6 is 0 Å². The Labute approximate surface area is 642 Å². The molecule has 8 aromatic heterocycles. The molecule has 16 rings (SSSR count). The van der Waals surface area contributed by atoms with Crippen LogP contribution in [0, 0.1) is 23.7 Å². The number of likely N-dealkylation sites (tertiary alicyclic amines) is 4. The Bertz CT molecular complexity index is 4880. The van der Waals surface area contributed by atoms with Crippen molar-refractivity contribution >= 4 is 114 Å². The molecular formula is C77H90F8N16O12. The predicted molar refractivity (Wildman–Crippen MR) is 398 cm³/mol. The van der Waals surface area contributed by atoms with Gasteiger partial charge < -0.3 is 79.8 Å². The van der Waals surface area contributed by atoms with Crippen molar-refractivity contribution in [2.45, 2.75) is 165 Å². The molecule has 4 saturated heterocycles. The maximum Gasteiger partial charge on any atom is 0.342 e. The van der Waals surface area contributed by atoms with Gasteiger partial charge in [0.15, 0.2) is 0 Å². The van der Waals surface area contributed by atoms with Crippen LogP contribution in [0.3, 0.4) is 0 Å². The SMILES string of the molecule is CC(C)OC(=O)c1cnc2[nH]ccc2c1N[C@@H]1CCCN(C(=O)[C@H]2CC2(F)F)C1.CCCOC(=O)c1cnc2[nH]ccc2c1N[C@@H]1CCCN(C(=O)[C@H]2CC2(F)F)C1.CCOC(=O)c1cnc2[nH]ccc2c1N[C@@H]1CCCN(C(=O)[C@H]2CC2(F)F)C1.COC(=O)c1cnc2[nH]ccc2c1N[C@@H]1CCCN(C(=O)[C@H]2CC2(F)F)C1. The van der Waals surface area contributed by atoms with Crippen LogP contribution in [0.15, 0.2) is 73.8 Å². The second kappa shape index (κ2) is 33.1. The molecule has 0 spiro atoms. The zero-order valence-corrected chi connectivity index (χ0v) is 62.9. The topological polar surface area (TPSA) is 349 Å². The number of hydrogen-bond donors (Lipinski definition) is 8. The number of methoxy groups -OCH3 is 1. The molecule has 8 atom stereocenters. The number of ether oxygens (including phenoxy) is 4. The van der Waals surface area contributed by atoms with Gasteiger partial charge in [-0.15, -0.1) is 0 Å². The molecule has 36 heteroatoms. The zero-order chi connectivity index (χ0) is 80.4. The summed E-state index contributed by atoms with van der Waals surface area (Å²) in [6.07, 6.45) is 17.6. The lowest BCUT2D eigenvalue weighted by Crippen LogP contribution is -2.46. The minimum Gasteiger partial charge on any atom is -0.465 e.